The largest absolute Gasteiger partial charge is 0.486 e. The van der Waals surface area contributed by atoms with Gasteiger partial charge in [0.2, 0.25) is 0 Å². The van der Waals surface area contributed by atoms with Gasteiger partial charge in [0.05, 0.1) is 12.1 Å². The van der Waals surface area contributed by atoms with Gasteiger partial charge in [-0.2, -0.15) is 0 Å². The van der Waals surface area contributed by atoms with E-state index in [0.717, 1.165) is 6.42 Å². The van der Waals surface area contributed by atoms with Crippen LogP contribution in [0.3, 0.4) is 0 Å². The lowest BCUT2D eigenvalue weighted by Gasteiger charge is -2.37. The normalized spacial score (nSPS) is 22.8. The number of aliphatic hydroxyl groups excluding tert-OH is 2. The lowest BCUT2D eigenvalue weighted by Crippen LogP contribution is -2.51. The summed E-state index contributed by atoms with van der Waals surface area (Å²) in [6.07, 6.45) is 0.0515. The smallest absolute Gasteiger partial charge is 0.276 e. The van der Waals surface area contributed by atoms with Crippen LogP contribution in [-0.4, -0.2) is 51.5 Å². The maximum Gasteiger partial charge on any atom is 0.276 e. The van der Waals surface area contributed by atoms with Gasteiger partial charge in [-0.15, -0.1) is 0 Å². The Morgan fingerprint density at radius 2 is 2.08 bits per heavy atom. The molecule has 0 radical (unpaired) electrons. The number of nitrogens with zero attached hydrogens (tertiary/aromatic N) is 2. The summed E-state index contributed by atoms with van der Waals surface area (Å²) in [6, 6.07) is 6.53. The molecule has 0 spiro atoms. The molecule has 26 heavy (non-hydrogen) atoms. The van der Waals surface area contributed by atoms with Gasteiger partial charge in [0.1, 0.15) is 24.3 Å². The number of ether oxygens (including phenoxy) is 1. The number of carbonyl (C=O) groups excluding carboxylic acids is 1. The van der Waals surface area contributed by atoms with Crippen LogP contribution in [-0.2, 0) is 6.61 Å². The molecule has 0 bridgehead atoms. The van der Waals surface area contributed by atoms with Crippen molar-refractivity contribution >= 4 is 5.91 Å². The number of halogens is 1. The van der Waals surface area contributed by atoms with Gasteiger partial charge in [-0.3, -0.25) is 4.79 Å². The molecule has 1 heterocycles. The Morgan fingerprint density at radius 1 is 1.35 bits per heavy atom. The molecule has 1 aromatic carbocycles. The molecule has 0 unspecified atom stereocenters. The molecule has 3 atom stereocenters. The van der Waals surface area contributed by atoms with Crippen molar-refractivity contribution in [2.45, 2.75) is 44.1 Å². The zero-order chi connectivity index (χ0) is 18.7. The quantitative estimate of drug-likeness (QED) is 0.839. The van der Waals surface area contributed by atoms with E-state index in [-0.39, 0.29) is 18.1 Å². The van der Waals surface area contributed by atoms with E-state index in [0.29, 0.717) is 24.4 Å². The standard InChI is InChI=1S/C18H21FN2O5/c1-21(15-3-2-4-16(22)17(15)23)18(24)14-9-13(26-20-14)10-25-12-7-5-11(19)6-8-12/h5-9,15-17,22-23H,2-4,10H2,1H3/t15-,16-,17-/m1/s1. The number of rotatable bonds is 5. The summed E-state index contributed by atoms with van der Waals surface area (Å²) in [5.74, 6) is 0.0466. The minimum Gasteiger partial charge on any atom is -0.486 e. The van der Waals surface area contributed by atoms with E-state index in [1.54, 1.807) is 7.05 Å². The summed E-state index contributed by atoms with van der Waals surface area (Å²) in [5.41, 5.74) is 0.0949. The lowest BCUT2D eigenvalue weighted by atomic mass is 9.89. The molecule has 1 aliphatic carbocycles. The topological polar surface area (TPSA) is 96.0 Å². The first-order valence-corrected chi connectivity index (χ1v) is 8.43. The van der Waals surface area contributed by atoms with E-state index in [2.05, 4.69) is 5.16 Å². The van der Waals surface area contributed by atoms with Crippen LogP contribution in [0.25, 0.3) is 0 Å². The van der Waals surface area contributed by atoms with Crippen LogP contribution in [0.2, 0.25) is 0 Å². The van der Waals surface area contributed by atoms with Crippen LogP contribution < -0.4 is 4.74 Å². The lowest BCUT2D eigenvalue weighted by molar-refractivity contribution is -0.0527. The predicted molar refractivity (Wildman–Crippen MR) is 89.0 cm³/mol. The first-order chi connectivity index (χ1) is 12.5. The first-order valence-electron chi connectivity index (χ1n) is 8.43. The van der Waals surface area contributed by atoms with E-state index in [4.69, 9.17) is 9.26 Å². The molecule has 1 amide bonds. The van der Waals surface area contributed by atoms with Crippen molar-refractivity contribution in [2.75, 3.05) is 7.05 Å². The third-order valence-electron chi connectivity index (χ3n) is 4.58. The molecule has 3 rings (SSSR count). The van der Waals surface area contributed by atoms with Gasteiger partial charge < -0.3 is 24.4 Å². The average Bonchev–Trinajstić information content (AvgIpc) is 3.11. The predicted octanol–water partition coefficient (Wildman–Crippen LogP) is 1.74. The summed E-state index contributed by atoms with van der Waals surface area (Å²) in [6.45, 7) is 0.0421. The van der Waals surface area contributed by atoms with E-state index < -0.39 is 24.2 Å². The Balaban J connectivity index is 1.61. The summed E-state index contributed by atoms with van der Waals surface area (Å²) >= 11 is 0. The van der Waals surface area contributed by atoms with Gasteiger partial charge in [-0.25, -0.2) is 4.39 Å². The highest BCUT2D eigenvalue weighted by Gasteiger charge is 2.35. The Labute approximate surface area is 150 Å². The Morgan fingerprint density at radius 3 is 2.81 bits per heavy atom. The van der Waals surface area contributed by atoms with Crippen molar-refractivity contribution < 1.29 is 28.7 Å². The highest BCUT2D eigenvalue weighted by Crippen LogP contribution is 2.24. The maximum absolute atomic E-state index is 12.9. The molecule has 1 fully saturated rings. The SMILES string of the molecule is CN(C(=O)c1cc(COc2ccc(F)cc2)on1)[C@@H]1CCC[C@@H](O)[C@@H]1O. The number of amides is 1. The molecule has 2 N–H and O–H groups in total. The van der Waals surface area contributed by atoms with Crippen LogP contribution in [0.5, 0.6) is 5.75 Å². The van der Waals surface area contributed by atoms with Crippen LogP contribution in [0.4, 0.5) is 4.39 Å². The fourth-order valence-corrected chi connectivity index (χ4v) is 3.06. The average molecular weight is 364 g/mol. The van der Waals surface area contributed by atoms with Crippen molar-refractivity contribution in [1.29, 1.82) is 0 Å². The molecule has 1 saturated carbocycles. The third kappa shape index (κ3) is 4.03. The van der Waals surface area contributed by atoms with Gasteiger partial charge >= 0.3 is 0 Å². The van der Waals surface area contributed by atoms with Gasteiger partial charge in [0, 0.05) is 13.1 Å². The summed E-state index contributed by atoms with van der Waals surface area (Å²) in [7, 11) is 1.57. The molecule has 7 nitrogen and oxygen atoms in total. The number of hydrogen-bond acceptors (Lipinski definition) is 6. The summed E-state index contributed by atoms with van der Waals surface area (Å²) in [5, 5.41) is 23.6. The molecule has 8 heteroatoms. The Bertz CT molecular complexity index is 748. The minimum absolute atomic E-state index is 0.0421. The fourth-order valence-electron chi connectivity index (χ4n) is 3.06. The second-order valence-corrected chi connectivity index (χ2v) is 6.39. The van der Waals surface area contributed by atoms with Crippen molar-refractivity contribution in [3.8, 4) is 5.75 Å². The van der Waals surface area contributed by atoms with E-state index in [1.165, 1.54) is 35.2 Å². The van der Waals surface area contributed by atoms with Crippen LogP contribution in [0.15, 0.2) is 34.9 Å². The Hall–Kier alpha value is -2.45. The summed E-state index contributed by atoms with van der Waals surface area (Å²) < 4.78 is 23.4. The second-order valence-electron chi connectivity index (χ2n) is 6.39. The molecular weight excluding hydrogens is 343 g/mol. The number of likely N-dealkylation sites (N-methyl/N-ethyl adjacent to an activating group) is 1. The Kier molecular flexibility index (Phi) is 5.53. The number of benzene rings is 1. The molecule has 1 aliphatic rings. The van der Waals surface area contributed by atoms with Crippen molar-refractivity contribution in [3.05, 3.63) is 47.6 Å². The van der Waals surface area contributed by atoms with Crippen molar-refractivity contribution in [2.24, 2.45) is 0 Å². The van der Waals surface area contributed by atoms with Crippen LogP contribution >= 0.6 is 0 Å². The maximum atomic E-state index is 12.9. The molecule has 140 valence electrons. The zero-order valence-electron chi connectivity index (χ0n) is 14.3. The molecule has 1 aromatic heterocycles. The molecule has 2 aromatic rings. The van der Waals surface area contributed by atoms with Crippen LogP contribution in [0, 0.1) is 5.82 Å². The van der Waals surface area contributed by atoms with Gasteiger partial charge in [0.15, 0.2) is 11.5 Å². The van der Waals surface area contributed by atoms with E-state index in [1.807, 2.05) is 0 Å². The second kappa shape index (κ2) is 7.84. The monoisotopic (exact) mass is 364 g/mol. The highest BCUT2D eigenvalue weighted by atomic mass is 19.1. The van der Waals surface area contributed by atoms with Gasteiger partial charge in [-0.1, -0.05) is 5.16 Å². The van der Waals surface area contributed by atoms with Crippen molar-refractivity contribution in [1.82, 2.24) is 10.1 Å². The first kappa shape index (κ1) is 18.3. The number of carbonyl (C=O) groups is 1. The van der Waals surface area contributed by atoms with E-state index in [9.17, 15) is 19.4 Å². The van der Waals surface area contributed by atoms with Gasteiger partial charge in [-0.05, 0) is 43.5 Å². The number of hydrogen-bond donors (Lipinski definition) is 2. The minimum atomic E-state index is -0.981. The molecule has 0 saturated heterocycles. The number of aliphatic hydroxyl groups is 2. The van der Waals surface area contributed by atoms with Crippen LogP contribution in [0.1, 0.15) is 35.5 Å². The third-order valence-corrected chi connectivity index (χ3v) is 4.58. The highest BCUT2D eigenvalue weighted by molar-refractivity contribution is 5.92. The van der Waals surface area contributed by atoms with Gasteiger partial charge in [0.25, 0.3) is 5.91 Å². The number of aromatic nitrogens is 1. The zero-order valence-corrected chi connectivity index (χ0v) is 14.3. The molecule has 0 aliphatic heterocycles. The van der Waals surface area contributed by atoms with E-state index >= 15 is 0 Å². The fraction of sp³-hybridized carbons (Fsp3) is 0.444. The summed E-state index contributed by atoms with van der Waals surface area (Å²) in [4.78, 5) is 13.9. The molecular formula is C18H21FN2O5. The van der Waals surface area contributed by atoms with Crippen molar-refractivity contribution in [3.63, 3.8) is 0 Å².